The number of methoxy groups -OCH3 is 1. The first kappa shape index (κ1) is 21.8. The van der Waals surface area contributed by atoms with E-state index in [4.69, 9.17) is 4.74 Å². The lowest BCUT2D eigenvalue weighted by Crippen LogP contribution is -2.48. The summed E-state index contributed by atoms with van der Waals surface area (Å²) in [5.74, 6) is -0.249. The number of ether oxygens (including phenoxy) is 1. The van der Waals surface area contributed by atoms with Crippen LogP contribution in [0.2, 0.25) is 0 Å². The van der Waals surface area contributed by atoms with Crippen LogP contribution in [0.25, 0.3) is 16.9 Å². The van der Waals surface area contributed by atoms with Gasteiger partial charge in [0.1, 0.15) is 6.04 Å². The third kappa shape index (κ3) is 5.16. The molecule has 0 saturated heterocycles. The van der Waals surface area contributed by atoms with E-state index >= 15 is 0 Å². The van der Waals surface area contributed by atoms with Gasteiger partial charge in [0.25, 0.3) is 5.56 Å². The number of esters is 1. The molecule has 10 heteroatoms. The van der Waals surface area contributed by atoms with Gasteiger partial charge in [-0.1, -0.05) is 19.9 Å². The molecule has 3 heterocycles. The van der Waals surface area contributed by atoms with Crippen LogP contribution >= 0.6 is 0 Å². The number of carbonyl (C=O) groups excluding carboxylic acids is 2. The summed E-state index contributed by atoms with van der Waals surface area (Å²) in [5.41, 5.74) is 1.63. The van der Waals surface area contributed by atoms with Gasteiger partial charge in [-0.3, -0.25) is 14.9 Å². The molecule has 0 aliphatic carbocycles. The molecular weight excluding hydrogens is 400 g/mol. The summed E-state index contributed by atoms with van der Waals surface area (Å²) < 4.78 is 6.04. The van der Waals surface area contributed by atoms with Crippen molar-refractivity contribution >= 4 is 12.0 Å². The summed E-state index contributed by atoms with van der Waals surface area (Å²) in [5, 5.41) is 8.20. The highest BCUT2D eigenvalue weighted by atomic mass is 16.5. The normalized spacial score (nSPS) is 11.7. The monoisotopic (exact) mass is 424 g/mol. The Hall–Kier alpha value is -3.95. The second kappa shape index (κ2) is 9.70. The van der Waals surface area contributed by atoms with Gasteiger partial charge in [0.05, 0.1) is 12.7 Å². The topological polar surface area (TPSA) is 131 Å². The van der Waals surface area contributed by atoms with E-state index in [1.165, 1.54) is 11.8 Å². The molecule has 1 atom stereocenters. The molecule has 0 saturated carbocycles. The van der Waals surface area contributed by atoms with Gasteiger partial charge in [-0.15, -0.1) is 0 Å². The van der Waals surface area contributed by atoms with Crippen LogP contribution in [0, 0.1) is 5.92 Å². The number of pyridine rings is 2. The summed E-state index contributed by atoms with van der Waals surface area (Å²) in [6.07, 6.45) is 6.39. The average Bonchev–Trinajstić information content (AvgIpc) is 3.17. The molecule has 10 nitrogen and oxygen atoms in total. The number of aromatic amines is 1. The van der Waals surface area contributed by atoms with E-state index in [0.29, 0.717) is 16.9 Å². The van der Waals surface area contributed by atoms with Crippen LogP contribution in [-0.2, 0) is 16.1 Å². The molecular formula is C21H24N6O4. The summed E-state index contributed by atoms with van der Waals surface area (Å²) >= 11 is 0. The van der Waals surface area contributed by atoms with Crippen LogP contribution < -0.4 is 16.2 Å². The molecule has 3 N–H and O–H groups in total. The number of nitrogens with one attached hydrogen (secondary N) is 3. The highest BCUT2D eigenvalue weighted by molar-refractivity contribution is 5.83. The number of urea groups is 1. The molecule has 0 bridgehead atoms. The minimum Gasteiger partial charge on any atom is -0.467 e. The number of H-pyrrole nitrogens is 1. The van der Waals surface area contributed by atoms with E-state index < -0.39 is 18.0 Å². The zero-order chi connectivity index (χ0) is 22.4. The molecule has 3 aromatic heterocycles. The molecule has 0 radical (unpaired) electrons. The van der Waals surface area contributed by atoms with E-state index in [1.54, 1.807) is 49.1 Å². The Bertz CT molecular complexity index is 1110. The van der Waals surface area contributed by atoms with Crippen LogP contribution in [-0.4, -0.2) is 44.9 Å². The maximum atomic E-state index is 12.8. The van der Waals surface area contributed by atoms with Crippen molar-refractivity contribution in [3.8, 4) is 16.9 Å². The molecule has 0 unspecified atom stereocenters. The second-order valence-electron chi connectivity index (χ2n) is 7.16. The Labute approximate surface area is 178 Å². The highest BCUT2D eigenvalue weighted by Gasteiger charge is 2.24. The quantitative estimate of drug-likeness (QED) is 0.494. The van der Waals surface area contributed by atoms with Gasteiger partial charge in [-0.05, 0) is 29.7 Å². The fourth-order valence-corrected chi connectivity index (χ4v) is 2.96. The van der Waals surface area contributed by atoms with Crippen LogP contribution in [0.1, 0.15) is 19.4 Å². The van der Waals surface area contributed by atoms with Gasteiger partial charge in [0.2, 0.25) is 0 Å². The van der Waals surface area contributed by atoms with Crippen molar-refractivity contribution in [2.75, 3.05) is 7.11 Å². The minimum absolute atomic E-state index is 0.125. The van der Waals surface area contributed by atoms with Crippen molar-refractivity contribution in [3.63, 3.8) is 0 Å². The van der Waals surface area contributed by atoms with Crippen LogP contribution in [0.3, 0.4) is 0 Å². The lowest BCUT2D eigenvalue weighted by molar-refractivity contribution is -0.143. The van der Waals surface area contributed by atoms with Crippen LogP contribution in [0.5, 0.6) is 0 Å². The maximum absolute atomic E-state index is 12.8. The molecule has 0 aromatic carbocycles. The van der Waals surface area contributed by atoms with Gasteiger partial charge < -0.3 is 15.4 Å². The van der Waals surface area contributed by atoms with Gasteiger partial charge in [0, 0.05) is 36.9 Å². The number of amides is 2. The molecule has 0 aliphatic rings. The Morgan fingerprint density at radius 3 is 2.74 bits per heavy atom. The van der Waals surface area contributed by atoms with E-state index in [1.807, 2.05) is 13.8 Å². The number of hydrogen-bond donors (Lipinski definition) is 3. The van der Waals surface area contributed by atoms with Crippen molar-refractivity contribution in [2.45, 2.75) is 26.4 Å². The van der Waals surface area contributed by atoms with E-state index in [2.05, 4.69) is 25.7 Å². The third-order valence-corrected chi connectivity index (χ3v) is 4.64. The van der Waals surface area contributed by atoms with Crippen molar-refractivity contribution in [1.29, 1.82) is 0 Å². The zero-order valence-corrected chi connectivity index (χ0v) is 17.5. The average molecular weight is 424 g/mol. The molecule has 3 rings (SSSR count). The SMILES string of the molecule is COC(=O)[C@@H](NC(=O)NCc1ccnc(-n2[nH]cc(-c3cccnc3)c2=O)c1)C(C)C. The first-order valence-electron chi connectivity index (χ1n) is 9.69. The predicted octanol–water partition coefficient (Wildman–Crippen LogP) is 1.62. The first-order valence-corrected chi connectivity index (χ1v) is 9.69. The molecule has 2 amide bonds. The molecule has 0 spiro atoms. The number of carbonyl (C=O) groups is 2. The third-order valence-electron chi connectivity index (χ3n) is 4.64. The molecule has 0 fully saturated rings. The number of hydrogen-bond acceptors (Lipinski definition) is 6. The van der Waals surface area contributed by atoms with Crippen molar-refractivity contribution < 1.29 is 14.3 Å². The first-order chi connectivity index (χ1) is 14.9. The summed E-state index contributed by atoms with van der Waals surface area (Å²) in [7, 11) is 1.28. The lowest BCUT2D eigenvalue weighted by atomic mass is 10.1. The Morgan fingerprint density at radius 1 is 1.26 bits per heavy atom. The predicted molar refractivity (Wildman–Crippen MR) is 113 cm³/mol. The maximum Gasteiger partial charge on any atom is 0.328 e. The van der Waals surface area contributed by atoms with Gasteiger partial charge >= 0.3 is 12.0 Å². The fourth-order valence-electron chi connectivity index (χ4n) is 2.96. The van der Waals surface area contributed by atoms with Gasteiger partial charge in [0.15, 0.2) is 5.82 Å². The number of nitrogens with zero attached hydrogens (tertiary/aromatic N) is 3. The van der Waals surface area contributed by atoms with Crippen molar-refractivity contribution in [2.24, 2.45) is 5.92 Å². The number of rotatable bonds is 7. The lowest BCUT2D eigenvalue weighted by Gasteiger charge is -2.20. The highest BCUT2D eigenvalue weighted by Crippen LogP contribution is 2.14. The van der Waals surface area contributed by atoms with E-state index in [-0.39, 0.29) is 18.0 Å². The fraction of sp³-hybridized carbons (Fsp3) is 0.286. The summed E-state index contributed by atoms with van der Waals surface area (Å²) in [6.45, 7) is 3.80. The summed E-state index contributed by atoms with van der Waals surface area (Å²) in [4.78, 5) is 45.0. The Kier molecular flexibility index (Phi) is 6.81. The molecule has 0 aliphatic heterocycles. The van der Waals surface area contributed by atoms with Crippen molar-refractivity contribution in [3.05, 3.63) is 65.0 Å². The molecule has 3 aromatic rings. The van der Waals surface area contributed by atoms with E-state index in [9.17, 15) is 14.4 Å². The Balaban J connectivity index is 1.70. The summed E-state index contributed by atoms with van der Waals surface area (Å²) in [6, 6.07) is 5.71. The van der Waals surface area contributed by atoms with Gasteiger partial charge in [-0.2, -0.15) is 0 Å². The van der Waals surface area contributed by atoms with Crippen LogP contribution in [0.15, 0.2) is 53.8 Å². The largest absolute Gasteiger partial charge is 0.467 e. The zero-order valence-electron chi connectivity index (χ0n) is 17.5. The standard InChI is InChI=1S/C21H24N6O4/c1-13(2)18(20(29)31-3)26-21(30)24-10-14-6-8-23-17(9-14)27-19(28)16(12-25-27)15-5-4-7-22-11-15/h4-9,11-13,18,25H,10H2,1-3H3,(H2,24,26,30)/t18-/m0/s1. The van der Waals surface area contributed by atoms with Gasteiger partial charge in [-0.25, -0.2) is 19.3 Å². The minimum atomic E-state index is -0.749. The van der Waals surface area contributed by atoms with Crippen molar-refractivity contribution in [1.82, 2.24) is 30.4 Å². The smallest absolute Gasteiger partial charge is 0.328 e. The molecule has 162 valence electrons. The second-order valence-corrected chi connectivity index (χ2v) is 7.16. The number of aromatic nitrogens is 4. The molecule has 31 heavy (non-hydrogen) atoms. The Morgan fingerprint density at radius 2 is 2.06 bits per heavy atom. The van der Waals surface area contributed by atoms with E-state index in [0.717, 1.165) is 5.56 Å². The van der Waals surface area contributed by atoms with Crippen LogP contribution in [0.4, 0.5) is 4.79 Å².